The van der Waals surface area contributed by atoms with Crippen LogP contribution in [0.15, 0.2) is 42.5 Å². The molecule has 166 valence electrons. The van der Waals surface area contributed by atoms with Crippen LogP contribution < -0.4 is 10.6 Å². The first kappa shape index (κ1) is 22.9. The summed E-state index contributed by atoms with van der Waals surface area (Å²) in [6.45, 7) is 4.75. The number of carbonyl (C=O) groups excluding carboxylic acids is 1. The third-order valence-electron chi connectivity index (χ3n) is 5.03. The number of phenolic OH excluding ortho intramolecular Hbond substituents is 1. The summed E-state index contributed by atoms with van der Waals surface area (Å²) in [5.41, 5.74) is -3.64. The molecule has 1 aliphatic rings. The minimum absolute atomic E-state index is 0.0291. The summed E-state index contributed by atoms with van der Waals surface area (Å²) in [6.07, 6.45) is -6.06. The number of carbonyl (C=O) groups is 1. The van der Waals surface area contributed by atoms with Gasteiger partial charge in [-0.3, -0.25) is 4.79 Å². The molecular formula is C21H19ClF4N2O3. The standard InChI is InChI=1S/C21H19ClF4N2O3/c1-10(2)8-20(31,21(24,25)26)18(13-4-3-11(22)5-17(13)29)28-16-7-12(23)6-14-15(16)9-27-19(14)30/h3-7,18,28-29,31H,1,8-9H2,2H3,(H,27,30). The van der Waals surface area contributed by atoms with E-state index in [-0.39, 0.29) is 39.5 Å². The van der Waals surface area contributed by atoms with Gasteiger partial charge >= 0.3 is 6.18 Å². The maximum absolute atomic E-state index is 14.2. The van der Waals surface area contributed by atoms with E-state index in [9.17, 15) is 32.6 Å². The second-order valence-electron chi connectivity index (χ2n) is 7.50. The number of benzene rings is 2. The van der Waals surface area contributed by atoms with Gasteiger partial charge in [-0.2, -0.15) is 13.2 Å². The number of amides is 1. The van der Waals surface area contributed by atoms with Gasteiger partial charge < -0.3 is 20.8 Å². The van der Waals surface area contributed by atoms with E-state index < -0.39 is 41.7 Å². The van der Waals surface area contributed by atoms with E-state index in [1.54, 1.807) is 0 Å². The van der Waals surface area contributed by atoms with Crippen LogP contribution in [-0.4, -0.2) is 27.9 Å². The van der Waals surface area contributed by atoms with Crippen molar-refractivity contribution in [3.63, 3.8) is 0 Å². The van der Waals surface area contributed by atoms with E-state index in [0.717, 1.165) is 24.3 Å². The third kappa shape index (κ3) is 4.33. The molecule has 31 heavy (non-hydrogen) atoms. The van der Waals surface area contributed by atoms with E-state index in [1.807, 2.05) is 0 Å². The number of rotatable bonds is 6. The summed E-state index contributed by atoms with van der Waals surface area (Å²) in [5.74, 6) is -2.03. The number of aromatic hydroxyl groups is 1. The van der Waals surface area contributed by atoms with E-state index in [1.165, 1.54) is 13.0 Å². The molecule has 0 bridgehead atoms. The van der Waals surface area contributed by atoms with E-state index in [0.29, 0.717) is 0 Å². The lowest BCUT2D eigenvalue weighted by molar-refractivity contribution is -0.266. The SMILES string of the molecule is C=C(C)CC(O)(C(Nc1cc(F)cc2c1CNC2=O)c1ccc(Cl)cc1O)C(F)(F)F. The van der Waals surface area contributed by atoms with E-state index in [4.69, 9.17) is 11.6 Å². The largest absolute Gasteiger partial charge is 0.508 e. The van der Waals surface area contributed by atoms with Crippen molar-refractivity contribution in [2.24, 2.45) is 0 Å². The number of alkyl halides is 3. The molecule has 0 spiro atoms. The molecule has 1 aliphatic heterocycles. The fraction of sp³-hybridized carbons (Fsp3) is 0.286. The van der Waals surface area contributed by atoms with Gasteiger partial charge in [-0.15, -0.1) is 6.58 Å². The second-order valence-corrected chi connectivity index (χ2v) is 7.93. The predicted octanol–water partition coefficient (Wildman–Crippen LogP) is 4.84. The summed E-state index contributed by atoms with van der Waals surface area (Å²) in [7, 11) is 0. The van der Waals surface area contributed by atoms with Gasteiger partial charge in [0, 0.05) is 40.4 Å². The summed E-state index contributed by atoms with van der Waals surface area (Å²) in [5, 5.41) is 26.3. The summed E-state index contributed by atoms with van der Waals surface area (Å²) in [6, 6.07) is 3.34. The Morgan fingerprint density at radius 2 is 2.00 bits per heavy atom. The highest BCUT2D eigenvalue weighted by molar-refractivity contribution is 6.30. The zero-order chi connectivity index (χ0) is 23.1. The van der Waals surface area contributed by atoms with Gasteiger partial charge in [-0.1, -0.05) is 23.2 Å². The lowest BCUT2D eigenvalue weighted by Crippen LogP contribution is -2.52. The lowest BCUT2D eigenvalue weighted by atomic mass is 9.82. The number of phenols is 1. The number of anilines is 1. The second kappa shape index (κ2) is 8.05. The zero-order valence-electron chi connectivity index (χ0n) is 16.3. The molecule has 2 aromatic carbocycles. The van der Waals surface area contributed by atoms with Gasteiger partial charge in [0.1, 0.15) is 11.6 Å². The van der Waals surface area contributed by atoms with E-state index in [2.05, 4.69) is 17.2 Å². The number of aliphatic hydroxyl groups is 1. The maximum atomic E-state index is 14.2. The molecule has 10 heteroatoms. The van der Waals surface area contributed by atoms with Crippen LogP contribution in [0.25, 0.3) is 0 Å². The number of hydrogen-bond donors (Lipinski definition) is 4. The minimum atomic E-state index is -5.17. The van der Waals surface area contributed by atoms with Crippen LogP contribution in [0.2, 0.25) is 5.02 Å². The Balaban J connectivity index is 2.22. The van der Waals surface area contributed by atoms with Crippen LogP contribution in [0.1, 0.15) is 40.9 Å². The summed E-state index contributed by atoms with van der Waals surface area (Å²) < 4.78 is 56.6. The van der Waals surface area contributed by atoms with Crippen LogP contribution >= 0.6 is 11.6 Å². The molecule has 5 nitrogen and oxygen atoms in total. The first-order valence-electron chi connectivity index (χ1n) is 9.12. The molecule has 0 aromatic heterocycles. The Hall–Kier alpha value is -2.78. The normalized spacial score (nSPS) is 16.3. The molecule has 3 rings (SSSR count). The number of fused-ring (bicyclic) bond motifs is 1. The Bertz CT molecular complexity index is 1060. The zero-order valence-corrected chi connectivity index (χ0v) is 17.0. The van der Waals surface area contributed by atoms with E-state index >= 15 is 0 Å². The average molecular weight is 459 g/mol. The molecule has 4 N–H and O–H groups in total. The van der Waals surface area contributed by atoms with Crippen LogP contribution in [0, 0.1) is 5.82 Å². The molecule has 2 aromatic rings. The number of nitrogens with one attached hydrogen (secondary N) is 2. The van der Waals surface area contributed by atoms with Crippen molar-refractivity contribution in [3.8, 4) is 5.75 Å². The topological polar surface area (TPSA) is 81.6 Å². The van der Waals surface area contributed by atoms with Gasteiger partial charge in [0.15, 0.2) is 5.60 Å². The Morgan fingerprint density at radius 3 is 2.58 bits per heavy atom. The number of halogens is 5. The number of hydrogen-bond acceptors (Lipinski definition) is 4. The van der Waals surface area contributed by atoms with Crippen molar-refractivity contribution in [1.82, 2.24) is 5.32 Å². The van der Waals surface area contributed by atoms with Crippen molar-refractivity contribution in [2.75, 3.05) is 5.32 Å². The maximum Gasteiger partial charge on any atom is 0.419 e. The molecule has 2 atom stereocenters. The van der Waals surface area contributed by atoms with Crippen molar-refractivity contribution in [1.29, 1.82) is 0 Å². The molecule has 1 heterocycles. The van der Waals surface area contributed by atoms with Crippen LogP contribution in [0.3, 0.4) is 0 Å². The van der Waals surface area contributed by atoms with Crippen LogP contribution in [0.5, 0.6) is 5.75 Å². The minimum Gasteiger partial charge on any atom is -0.508 e. The molecular weight excluding hydrogens is 440 g/mol. The predicted molar refractivity (Wildman–Crippen MR) is 107 cm³/mol. The molecule has 0 fully saturated rings. The molecule has 0 radical (unpaired) electrons. The highest BCUT2D eigenvalue weighted by Gasteiger charge is 2.59. The van der Waals surface area contributed by atoms with Crippen molar-refractivity contribution in [2.45, 2.75) is 37.7 Å². The first-order chi connectivity index (χ1) is 14.3. The Labute approximate surface area is 180 Å². The summed E-state index contributed by atoms with van der Waals surface area (Å²) >= 11 is 5.81. The molecule has 0 saturated carbocycles. The highest BCUT2D eigenvalue weighted by Crippen LogP contribution is 2.48. The quantitative estimate of drug-likeness (QED) is 0.369. The Kier molecular flexibility index (Phi) is 5.94. The highest BCUT2D eigenvalue weighted by atomic mass is 35.5. The van der Waals surface area contributed by atoms with Crippen molar-refractivity contribution >= 4 is 23.2 Å². The molecule has 2 unspecified atom stereocenters. The lowest BCUT2D eigenvalue weighted by Gasteiger charge is -2.39. The van der Waals surface area contributed by atoms with Crippen molar-refractivity contribution in [3.05, 3.63) is 70.0 Å². The monoisotopic (exact) mass is 458 g/mol. The fourth-order valence-corrected chi connectivity index (χ4v) is 3.79. The Morgan fingerprint density at radius 1 is 1.32 bits per heavy atom. The van der Waals surface area contributed by atoms with Gasteiger partial charge in [0.25, 0.3) is 5.91 Å². The third-order valence-corrected chi connectivity index (χ3v) is 5.26. The van der Waals surface area contributed by atoms with Gasteiger partial charge in [-0.05, 0) is 31.2 Å². The van der Waals surface area contributed by atoms with Crippen LogP contribution in [-0.2, 0) is 6.54 Å². The smallest absolute Gasteiger partial charge is 0.419 e. The fourth-order valence-electron chi connectivity index (χ4n) is 3.62. The molecule has 0 aliphatic carbocycles. The summed E-state index contributed by atoms with van der Waals surface area (Å²) in [4.78, 5) is 11.9. The van der Waals surface area contributed by atoms with Gasteiger partial charge in [0.05, 0.1) is 6.04 Å². The molecule has 0 saturated heterocycles. The van der Waals surface area contributed by atoms with Crippen LogP contribution in [0.4, 0.5) is 23.2 Å². The van der Waals surface area contributed by atoms with Gasteiger partial charge in [0.2, 0.25) is 0 Å². The first-order valence-corrected chi connectivity index (χ1v) is 9.50. The van der Waals surface area contributed by atoms with Gasteiger partial charge in [-0.25, -0.2) is 4.39 Å². The van der Waals surface area contributed by atoms with Crippen molar-refractivity contribution < 1.29 is 32.6 Å². The molecule has 1 amide bonds. The average Bonchev–Trinajstić information content (AvgIpc) is 2.99.